The van der Waals surface area contributed by atoms with Crippen LogP contribution >= 0.6 is 0 Å². The van der Waals surface area contributed by atoms with Crippen molar-refractivity contribution >= 4 is 33.6 Å². The van der Waals surface area contributed by atoms with Crippen molar-refractivity contribution in [1.29, 1.82) is 0 Å². The number of allylic oxidation sites excluding steroid dienone is 1. The Morgan fingerprint density at radius 3 is 2.52 bits per heavy atom. The van der Waals surface area contributed by atoms with E-state index in [0.717, 1.165) is 9.55 Å². The molecule has 0 spiro atoms. The molecular formula is C22H21N3O3S. The monoisotopic (exact) mass is 407 g/mol. The summed E-state index contributed by atoms with van der Waals surface area (Å²) in [5.41, 5.74) is 1.32. The topological polar surface area (TPSA) is 80.5 Å². The van der Waals surface area contributed by atoms with E-state index in [-0.39, 0.29) is 17.1 Å². The number of aliphatic imine (C=N–C) groups is 1. The van der Waals surface area contributed by atoms with E-state index in [1.807, 2.05) is 13.0 Å². The summed E-state index contributed by atoms with van der Waals surface area (Å²) in [7, 11) is -3.95. The molecule has 1 N–H and O–H groups in total. The number of carbonyl (C=O) groups is 1. The fourth-order valence-electron chi connectivity index (χ4n) is 2.92. The van der Waals surface area contributed by atoms with Gasteiger partial charge in [-0.15, -0.1) is 0 Å². The quantitative estimate of drug-likeness (QED) is 0.478. The van der Waals surface area contributed by atoms with Gasteiger partial charge in [-0.3, -0.25) is 9.79 Å². The second-order valence-corrected chi connectivity index (χ2v) is 8.00. The van der Waals surface area contributed by atoms with Crippen LogP contribution in [0.3, 0.4) is 0 Å². The third-order valence-corrected chi connectivity index (χ3v) is 6.14. The van der Waals surface area contributed by atoms with Crippen LogP contribution in [0.25, 0.3) is 10.9 Å². The molecule has 29 heavy (non-hydrogen) atoms. The molecule has 0 saturated heterocycles. The maximum absolute atomic E-state index is 13.3. The molecule has 1 amide bonds. The molecule has 3 rings (SSSR count). The number of nitrogens with one attached hydrogen (secondary N) is 1. The van der Waals surface area contributed by atoms with Gasteiger partial charge in [0, 0.05) is 18.1 Å². The lowest BCUT2D eigenvalue weighted by atomic mass is 10.2. The molecule has 0 aliphatic heterocycles. The minimum atomic E-state index is -3.95. The maximum Gasteiger partial charge on any atom is 0.269 e. The number of benzene rings is 2. The van der Waals surface area contributed by atoms with Crippen LogP contribution in [-0.4, -0.2) is 31.6 Å². The molecule has 2 aromatic carbocycles. The normalized spacial score (nSPS) is 12.4. The highest BCUT2D eigenvalue weighted by Crippen LogP contribution is 2.25. The number of amides is 1. The first-order chi connectivity index (χ1) is 14.0. The third kappa shape index (κ3) is 4.20. The number of aromatic nitrogens is 1. The Morgan fingerprint density at radius 2 is 1.83 bits per heavy atom. The van der Waals surface area contributed by atoms with Crippen LogP contribution in [0, 0.1) is 0 Å². The molecule has 0 atom stereocenters. The van der Waals surface area contributed by atoms with Crippen molar-refractivity contribution in [3.8, 4) is 0 Å². The van der Waals surface area contributed by atoms with Gasteiger partial charge in [0.1, 0.15) is 5.69 Å². The summed E-state index contributed by atoms with van der Waals surface area (Å²) in [5, 5.41) is 3.44. The predicted molar refractivity (Wildman–Crippen MR) is 116 cm³/mol. The second-order valence-electron chi connectivity index (χ2n) is 6.22. The lowest BCUT2D eigenvalue weighted by molar-refractivity contribution is 0.0951. The zero-order valence-corrected chi connectivity index (χ0v) is 16.8. The van der Waals surface area contributed by atoms with E-state index in [9.17, 15) is 13.2 Å². The first kappa shape index (κ1) is 20.3. The number of fused-ring (bicyclic) bond motifs is 1. The fourth-order valence-corrected chi connectivity index (χ4v) is 4.46. The van der Waals surface area contributed by atoms with Crippen LogP contribution in [0.15, 0.2) is 94.5 Å². The van der Waals surface area contributed by atoms with E-state index < -0.39 is 15.9 Å². The Kier molecular flexibility index (Phi) is 6.09. The van der Waals surface area contributed by atoms with Gasteiger partial charge < -0.3 is 5.32 Å². The molecule has 7 heteroatoms. The van der Waals surface area contributed by atoms with Gasteiger partial charge in [0.05, 0.1) is 10.4 Å². The van der Waals surface area contributed by atoms with Gasteiger partial charge in [-0.05, 0) is 49.6 Å². The van der Waals surface area contributed by atoms with Gasteiger partial charge in [0.2, 0.25) is 0 Å². The lowest BCUT2D eigenvalue weighted by Gasteiger charge is -2.12. The van der Waals surface area contributed by atoms with E-state index in [2.05, 4.69) is 17.0 Å². The zero-order valence-electron chi connectivity index (χ0n) is 15.9. The molecule has 0 aliphatic carbocycles. The van der Waals surface area contributed by atoms with Crippen molar-refractivity contribution in [2.75, 3.05) is 6.54 Å². The Morgan fingerprint density at radius 1 is 1.14 bits per heavy atom. The molecule has 0 radical (unpaired) electrons. The van der Waals surface area contributed by atoms with E-state index in [1.165, 1.54) is 18.3 Å². The van der Waals surface area contributed by atoms with Crippen molar-refractivity contribution < 1.29 is 13.2 Å². The molecular weight excluding hydrogens is 386 g/mol. The highest BCUT2D eigenvalue weighted by Gasteiger charge is 2.26. The lowest BCUT2D eigenvalue weighted by Crippen LogP contribution is -2.29. The largest absolute Gasteiger partial charge is 0.347 e. The summed E-state index contributed by atoms with van der Waals surface area (Å²) < 4.78 is 27.7. The molecule has 0 unspecified atom stereocenters. The summed E-state index contributed by atoms with van der Waals surface area (Å²) >= 11 is 0. The Labute approximate surface area is 169 Å². The minimum absolute atomic E-state index is 0.0522. The summed E-state index contributed by atoms with van der Waals surface area (Å²) in [6.07, 6.45) is 5.08. The molecule has 6 nitrogen and oxygen atoms in total. The summed E-state index contributed by atoms with van der Waals surface area (Å²) in [4.78, 5) is 16.7. The number of rotatable bonds is 7. The molecule has 0 bridgehead atoms. The van der Waals surface area contributed by atoms with E-state index >= 15 is 0 Å². The number of hydrogen-bond donors (Lipinski definition) is 1. The molecule has 148 valence electrons. The van der Waals surface area contributed by atoms with Crippen LogP contribution in [0.1, 0.15) is 17.4 Å². The average Bonchev–Trinajstić information content (AvgIpc) is 3.15. The first-order valence-corrected chi connectivity index (χ1v) is 10.4. The van der Waals surface area contributed by atoms with Gasteiger partial charge in [0.15, 0.2) is 0 Å². The summed E-state index contributed by atoms with van der Waals surface area (Å²) in [5.74, 6) is -0.486. The molecule has 0 fully saturated rings. The van der Waals surface area contributed by atoms with Gasteiger partial charge >= 0.3 is 0 Å². The highest BCUT2D eigenvalue weighted by atomic mass is 32.2. The molecule has 1 heterocycles. The van der Waals surface area contributed by atoms with Crippen molar-refractivity contribution in [1.82, 2.24) is 9.29 Å². The van der Waals surface area contributed by atoms with E-state index in [4.69, 9.17) is 0 Å². The van der Waals surface area contributed by atoms with Gasteiger partial charge in [-0.25, -0.2) is 12.4 Å². The Balaban J connectivity index is 2.05. The predicted octanol–water partition coefficient (Wildman–Crippen LogP) is 3.77. The van der Waals surface area contributed by atoms with E-state index in [1.54, 1.807) is 54.6 Å². The zero-order chi connectivity index (χ0) is 20.9. The summed E-state index contributed by atoms with van der Waals surface area (Å²) in [6, 6.07) is 16.6. The minimum Gasteiger partial charge on any atom is -0.347 e. The molecule has 0 saturated carbocycles. The smallest absolute Gasteiger partial charge is 0.269 e. The van der Waals surface area contributed by atoms with Crippen molar-refractivity contribution in [3.05, 3.63) is 90.3 Å². The fraction of sp³-hybridized carbons (Fsp3) is 0.0909. The van der Waals surface area contributed by atoms with Crippen LogP contribution < -0.4 is 5.32 Å². The van der Waals surface area contributed by atoms with Crippen LogP contribution in [-0.2, 0) is 10.0 Å². The number of carbonyl (C=O) groups excluding carboxylic acids is 1. The Hall–Kier alpha value is -3.45. The number of hydrogen-bond acceptors (Lipinski definition) is 4. The van der Waals surface area contributed by atoms with Gasteiger partial charge in [-0.1, -0.05) is 42.5 Å². The van der Waals surface area contributed by atoms with Gasteiger partial charge in [-0.2, -0.15) is 0 Å². The van der Waals surface area contributed by atoms with Gasteiger partial charge in [0.25, 0.3) is 15.9 Å². The first-order valence-electron chi connectivity index (χ1n) is 8.96. The van der Waals surface area contributed by atoms with Crippen LogP contribution in [0.4, 0.5) is 0 Å². The maximum atomic E-state index is 13.3. The van der Waals surface area contributed by atoms with Crippen LogP contribution in [0.5, 0.6) is 0 Å². The van der Waals surface area contributed by atoms with Crippen LogP contribution in [0.2, 0.25) is 0 Å². The molecule has 0 aliphatic rings. The van der Waals surface area contributed by atoms with Crippen molar-refractivity contribution in [2.45, 2.75) is 11.8 Å². The SMILES string of the molecule is C=NC=CC(=CC)CNC(=O)c1cc2ccccc2n1S(=O)(=O)c1ccccc1. The average molecular weight is 407 g/mol. The van der Waals surface area contributed by atoms with Crippen molar-refractivity contribution in [2.24, 2.45) is 4.99 Å². The third-order valence-electron chi connectivity index (χ3n) is 4.40. The molecule has 1 aromatic heterocycles. The number of nitrogens with zero attached hydrogens (tertiary/aromatic N) is 2. The van der Waals surface area contributed by atoms with Crippen molar-refractivity contribution in [3.63, 3.8) is 0 Å². The number of para-hydroxylation sites is 1. The standard InChI is InChI=1S/C22H21N3O3S/c1-3-17(13-14-23-2)16-24-22(26)21-15-18-9-7-8-12-20(18)25(21)29(27,28)19-10-5-4-6-11-19/h3-15H,2,16H2,1H3,(H,24,26). The summed E-state index contributed by atoms with van der Waals surface area (Å²) in [6.45, 7) is 5.45. The second kappa shape index (κ2) is 8.70. The Bertz CT molecular complexity index is 1210. The highest BCUT2D eigenvalue weighted by molar-refractivity contribution is 7.90. The molecule has 3 aromatic rings. The van der Waals surface area contributed by atoms with E-state index in [0.29, 0.717) is 10.9 Å².